The fourth-order valence-corrected chi connectivity index (χ4v) is 2.94. The highest BCUT2D eigenvalue weighted by atomic mass is 32.1. The molecule has 0 bridgehead atoms. The molecule has 1 heterocycles. The Morgan fingerprint density at radius 3 is 2.56 bits per heavy atom. The van der Waals surface area contributed by atoms with Gasteiger partial charge < -0.3 is 9.84 Å². The Kier molecular flexibility index (Phi) is 3.68. The average molecular weight is 263 g/mol. The zero-order chi connectivity index (χ0) is 13.3. The largest absolute Gasteiger partial charge is 0.496 e. The van der Waals surface area contributed by atoms with Gasteiger partial charge in [-0.25, -0.2) is 4.98 Å². The summed E-state index contributed by atoms with van der Waals surface area (Å²) in [6.45, 7) is 6.11. The number of hydrogen-bond acceptors (Lipinski definition) is 4. The van der Waals surface area contributed by atoms with Crippen LogP contribution in [0.15, 0.2) is 12.1 Å². The third-order valence-corrected chi connectivity index (χ3v) is 3.83. The van der Waals surface area contributed by atoms with E-state index in [-0.39, 0.29) is 6.61 Å². The van der Waals surface area contributed by atoms with E-state index in [4.69, 9.17) is 4.74 Å². The molecule has 2 rings (SSSR count). The number of hydrogen-bond donors (Lipinski definition) is 1. The molecule has 1 aromatic carbocycles. The van der Waals surface area contributed by atoms with E-state index in [0.717, 1.165) is 32.5 Å². The summed E-state index contributed by atoms with van der Waals surface area (Å²) in [7, 11) is 1.67. The summed E-state index contributed by atoms with van der Waals surface area (Å²) in [6.07, 6.45) is 0. The Hall–Kier alpha value is -1.39. The molecule has 0 fully saturated rings. The minimum absolute atomic E-state index is 0.0151. The lowest BCUT2D eigenvalue weighted by Gasteiger charge is -2.12. The second-order valence-electron chi connectivity index (χ2n) is 4.33. The van der Waals surface area contributed by atoms with Crippen LogP contribution >= 0.6 is 11.3 Å². The van der Waals surface area contributed by atoms with E-state index in [2.05, 4.69) is 18.0 Å². The number of aromatic nitrogens is 1. The molecule has 0 aliphatic heterocycles. The Morgan fingerprint density at radius 2 is 2.00 bits per heavy atom. The molecule has 4 heteroatoms. The zero-order valence-corrected chi connectivity index (χ0v) is 11.9. The molecule has 18 heavy (non-hydrogen) atoms. The van der Waals surface area contributed by atoms with Crippen LogP contribution in [0.1, 0.15) is 21.0 Å². The van der Waals surface area contributed by atoms with Crippen molar-refractivity contribution in [2.24, 2.45) is 0 Å². The van der Waals surface area contributed by atoms with Crippen LogP contribution in [-0.2, 0) is 6.61 Å². The summed E-state index contributed by atoms with van der Waals surface area (Å²) in [5.74, 6) is 0.838. The van der Waals surface area contributed by atoms with Gasteiger partial charge in [0.05, 0.1) is 19.4 Å². The van der Waals surface area contributed by atoms with E-state index < -0.39 is 0 Å². The van der Waals surface area contributed by atoms with Gasteiger partial charge in [0, 0.05) is 10.4 Å². The highest BCUT2D eigenvalue weighted by Gasteiger charge is 2.16. The van der Waals surface area contributed by atoms with Gasteiger partial charge in [-0.2, -0.15) is 0 Å². The molecular weight excluding hydrogens is 246 g/mol. The summed E-state index contributed by atoms with van der Waals surface area (Å²) in [5.41, 5.74) is 4.25. The number of aliphatic hydroxyl groups excluding tert-OH is 1. The predicted octanol–water partition coefficient (Wildman–Crippen LogP) is 3.24. The maximum atomic E-state index is 9.18. The molecular formula is C14H17NO2S. The molecule has 0 saturated carbocycles. The van der Waals surface area contributed by atoms with Crippen LogP contribution in [0.25, 0.3) is 11.3 Å². The van der Waals surface area contributed by atoms with Crippen LogP contribution in [0.4, 0.5) is 0 Å². The number of ether oxygens (including phenoxy) is 1. The third-order valence-electron chi connectivity index (χ3n) is 2.88. The molecule has 3 nitrogen and oxygen atoms in total. The average Bonchev–Trinajstić information content (AvgIpc) is 2.69. The van der Waals surface area contributed by atoms with Gasteiger partial charge >= 0.3 is 0 Å². The Bertz CT molecular complexity index is 575. The maximum Gasteiger partial charge on any atom is 0.128 e. The highest BCUT2D eigenvalue weighted by molar-refractivity contribution is 7.12. The minimum Gasteiger partial charge on any atom is -0.496 e. The SMILES string of the molecule is COc1cc(C)cc(C)c1-c1nc(CO)sc1C. The van der Waals surface area contributed by atoms with E-state index in [0.29, 0.717) is 0 Å². The molecule has 1 N–H and O–H groups in total. The fraction of sp³-hybridized carbons (Fsp3) is 0.357. The topological polar surface area (TPSA) is 42.4 Å². The summed E-state index contributed by atoms with van der Waals surface area (Å²) >= 11 is 1.52. The molecule has 0 aliphatic rings. The van der Waals surface area contributed by atoms with Crippen LogP contribution in [0, 0.1) is 20.8 Å². The number of aryl methyl sites for hydroxylation is 3. The van der Waals surface area contributed by atoms with Gasteiger partial charge in [-0.05, 0) is 38.0 Å². The molecule has 0 amide bonds. The molecule has 0 atom stereocenters. The van der Waals surface area contributed by atoms with Gasteiger partial charge in [-0.1, -0.05) is 6.07 Å². The van der Waals surface area contributed by atoms with Crippen LogP contribution in [0.3, 0.4) is 0 Å². The van der Waals surface area contributed by atoms with Crippen LogP contribution in [0.5, 0.6) is 5.75 Å². The van der Waals surface area contributed by atoms with Crippen molar-refractivity contribution < 1.29 is 9.84 Å². The lowest BCUT2D eigenvalue weighted by atomic mass is 10.0. The van der Waals surface area contributed by atoms with E-state index >= 15 is 0 Å². The monoisotopic (exact) mass is 263 g/mol. The molecule has 0 radical (unpaired) electrons. The first-order valence-corrected chi connectivity index (χ1v) is 6.61. The van der Waals surface area contributed by atoms with E-state index in [1.165, 1.54) is 16.9 Å². The standard InChI is InChI=1S/C14H17NO2S/c1-8-5-9(2)13(11(6-8)17-4)14-10(3)18-12(7-16)15-14/h5-6,16H,7H2,1-4H3. The van der Waals surface area contributed by atoms with Crippen molar-refractivity contribution in [2.75, 3.05) is 7.11 Å². The lowest BCUT2D eigenvalue weighted by molar-refractivity contribution is 0.281. The first-order chi connectivity index (χ1) is 8.56. The first kappa shape index (κ1) is 13.1. The second kappa shape index (κ2) is 5.08. The maximum absolute atomic E-state index is 9.18. The summed E-state index contributed by atoms with van der Waals surface area (Å²) in [5, 5.41) is 9.92. The van der Waals surface area contributed by atoms with Gasteiger partial charge in [0.1, 0.15) is 10.8 Å². The second-order valence-corrected chi connectivity index (χ2v) is 5.62. The van der Waals surface area contributed by atoms with Crippen molar-refractivity contribution in [3.63, 3.8) is 0 Å². The van der Waals surface area contributed by atoms with Gasteiger partial charge in [0.15, 0.2) is 0 Å². The molecule has 0 spiro atoms. The van der Waals surface area contributed by atoms with E-state index in [1.54, 1.807) is 7.11 Å². The van der Waals surface area contributed by atoms with Crippen molar-refractivity contribution in [1.29, 1.82) is 0 Å². The third kappa shape index (κ3) is 2.26. The van der Waals surface area contributed by atoms with Crippen LogP contribution in [0.2, 0.25) is 0 Å². The van der Waals surface area contributed by atoms with Crippen molar-refractivity contribution in [2.45, 2.75) is 27.4 Å². The summed E-state index contributed by atoms with van der Waals surface area (Å²) in [6, 6.07) is 4.13. The number of aliphatic hydroxyl groups is 1. The van der Waals surface area contributed by atoms with Gasteiger partial charge in [0.2, 0.25) is 0 Å². The Balaban J connectivity index is 2.65. The van der Waals surface area contributed by atoms with Crippen molar-refractivity contribution in [3.05, 3.63) is 33.1 Å². The fourth-order valence-electron chi connectivity index (χ4n) is 2.14. The number of rotatable bonds is 3. The predicted molar refractivity (Wildman–Crippen MR) is 74.2 cm³/mol. The summed E-state index contributed by atoms with van der Waals surface area (Å²) in [4.78, 5) is 5.59. The molecule has 0 aliphatic carbocycles. The Morgan fingerprint density at radius 1 is 1.28 bits per heavy atom. The molecule has 2 aromatic rings. The number of thiazole rings is 1. The Labute approximate surface area is 111 Å². The van der Waals surface area contributed by atoms with Crippen molar-refractivity contribution >= 4 is 11.3 Å². The van der Waals surface area contributed by atoms with Gasteiger partial charge in [0.25, 0.3) is 0 Å². The van der Waals surface area contributed by atoms with Crippen molar-refractivity contribution in [3.8, 4) is 17.0 Å². The smallest absolute Gasteiger partial charge is 0.128 e. The molecule has 0 unspecified atom stereocenters. The number of methoxy groups -OCH3 is 1. The normalized spacial score (nSPS) is 10.7. The molecule has 1 aromatic heterocycles. The summed E-state index contributed by atoms with van der Waals surface area (Å²) < 4.78 is 5.46. The van der Waals surface area contributed by atoms with E-state index in [1.807, 2.05) is 19.9 Å². The quantitative estimate of drug-likeness (QED) is 0.924. The van der Waals surface area contributed by atoms with Gasteiger partial charge in [-0.15, -0.1) is 11.3 Å². The highest BCUT2D eigenvalue weighted by Crippen LogP contribution is 2.37. The zero-order valence-electron chi connectivity index (χ0n) is 11.1. The number of benzene rings is 1. The number of nitrogens with zero attached hydrogens (tertiary/aromatic N) is 1. The molecule has 96 valence electrons. The van der Waals surface area contributed by atoms with E-state index in [9.17, 15) is 5.11 Å². The van der Waals surface area contributed by atoms with Crippen LogP contribution in [-0.4, -0.2) is 17.2 Å². The lowest BCUT2D eigenvalue weighted by Crippen LogP contribution is -1.94. The minimum atomic E-state index is -0.0151. The first-order valence-electron chi connectivity index (χ1n) is 5.79. The van der Waals surface area contributed by atoms with Crippen LogP contribution < -0.4 is 4.74 Å². The van der Waals surface area contributed by atoms with Gasteiger partial charge in [-0.3, -0.25) is 0 Å². The molecule has 0 saturated heterocycles. The van der Waals surface area contributed by atoms with Crippen molar-refractivity contribution in [1.82, 2.24) is 4.98 Å².